The average Bonchev–Trinajstić information content (AvgIpc) is 3.01. The molecule has 2 atom stereocenters. The summed E-state index contributed by atoms with van der Waals surface area (Å²) in [7, 11) is -3.13. The molecule has 0 N–H and O–H groups in total. The third-order valence-electron chi connectivity index (χ3n) is 4.59. The first-order valence-corrected chi connectivity index (χ1v) is 12.0. The predicted molar refractivity (Wildman–Crippen MR) is 111 cm³/mol. The topological polar surface area (TPSA) is 90.0 Å². The lowest BCUT2D eigenvalue weighted by Crippen LogP contribution is -2.44. The molecule has 7 nitrogen and oxygen atoms in total. The summed E-state index contributed by atoms with van der Waals surface area (Å²) in [4.78, 5) is 26.3. The van der Waals surface area contributed by atoms with Gasteiger partial charge in [0.1, 0.15) is 5.75 Å². The summed E-state index contributed by atoms with van der Waals surface area (Å²) in [6, 6.07) is 4.22. The van der Waals surface area contributed by atoms with Crippen LogP contribution in [0.2, 0.25) is 10.0 Å². The van der Waals surface area contributed by atoms with E-state index in [9.17, 15) is 18.0 Å². The van der Waals surface area contributed by atoms with E-state index in [0.717, 1.165) is 12.8 Å². The molecule has 0 aromatic heterocycles. The number of ether oxygens (including phenoxy) is 2. The van der Waals surface area contributed by atoms with Gasteiger partial charge in [-0.05, 0) is 38.0 Å². The van der Waals surface area contributed by atoms with Gasteiger partial charge in [-0.2, -0.15) is 0 Å². The van der Waals surface area contributed by atoms with Crippen molar-refractivity contribution < 1.29 is 27.5 Å². The fourth-order valence-electron chi connectivity index (χ4n) is 3.00. The highest BCUT2D eigenvalue weighted by molar-refractivity contribution is 7.91. The molecule has 1 aromatic rings. The first-order valence-electron chi connectivity index (χ1n) is 9.41. The third-order valence-corrected chi connectivity index (χ3v) is 6.87. The van der Waals surface area contributed by atoms with Gasteiger partial charge in [0, 0.05) is 17.6 Å². The van der Waals surface area contributed by atoms with E-state index >= 15 is 0 Å². The van der Waals surface area contributed by atoms with Crippen molar-refractivity contribution in [3.63, 3.8) is 0 Å². The standard InChI is InChI=1S/C19H25Cl2NO6S/c1-3-4-8-22(15-7-9-29(25,26)12-15)18(23)11-27-19(24)13(2)28-17-6-5-14(20)10-16(17)21/h5-6,10,13,15H,3-4,7-9,11-12H2,1-2H3. The van der Waals surface area contributed by atoms with Gasteiger partial charge in [-0.3, -0.25) is 4.79 Å². The second-order valence-corrected chi connectivity index (χ2v) is 10.0. The van der Waals surface area contributed by atoms with Crippen LogP contribution in [-0.4, -0.2) is 62.0 Å². The number of carbonyl (C=O) groups is 2. The Kier molecular flexibility index (Phi) is 8.60. The minimum Gasteiger partial charge on any atom is -0.477 e. The molecule has 0 spiro atoms. The Bertz CT molecular complexity index is 845. The number of carbonyl (C=O) groups excluding carboxylic acids is 2. The maximum atomic E-state index is 12.6. The number of unbranched alkanes of at least 4 members (excludes halogenated alkanes) is 1. The van der Waals surface area contributed by atoms with Gasteiger partial charge in [-0.25, -0.2) is 13.2 Å². The van der Waals surface area contributed by atoms with Crippen molar-refractivity contribution in [3.8, 4) is 5.75 Å². The maximum absolute atomic E-state index is 12.6. The monoisotopic (exact) mass is 465 g/mol. The largest absolute Gasteiger partial charge is 0.477 e. The molecule has 1 saturated heterocycles. The molecule has 1 fully saturated rings. The van der Waals surface area contributed by atoms with Gasteiger partial charge >= 0.3 is 5.97 Å². The molecule has 1 amide bonds. The zero-order valence-corrected chi connectivity index (χ0v) is 18.7. The molecular formula is C19H25Cl2NO6S. The Morgan fingerprint density at radius 2 is 2.03 bits per heavy atom. The van der Waals surface area contributed by atoms with Crippen LogP contribution in [0.15, 0.2) is 18.2 Å². The van der Waals surface area contributed by atoms with E-state index in [1.165, 1.54) is 24.0 Å². The Labute approximate surface area is 181 Å². The van der Waals surface area contributed by atoms with Crippen LogP contribution < -0.4 is 4.74 Å². The second kappa shape index (κ2) is 10.5. The number of nitrogens with zero attached hydrogens (tertiary/aromatic N) is 1. The highest BCUT2D eigenvalue weighted by atomic mass is 35.5. The highest BCUT2D eigenvalue weighted by Gasteiger charge is 2.34. The first-order chi connectivity index (χ1) is 13.6. The molecule has 0 aliphatic carbocycles. The van der Waals surface area contributed by atoms with Gasteiger partial charge < -0.3 is 14.4 Å². The molecule has 1 aliphatic rings. The minimum atomic E-state index is -3.13. The van der Waals surface area contributed by atoms with Crippen LogP contribution in [0.5, 0.6) is 5.75 Å². The Balaban J connectivity index is 1.92. The maximum Gasteiger partial charge on any atom is 0.347 e. The number of sulfone groups is 1. The van der Waals surface area contributed by atoms with Crippen LogP contribution in [0.1, 0.15) is 33.1 Å². The molecular weight excluding hydrogens is 441 g/mol. The summed E-state index contributed by atoms with van der Waals surface area (Å²) in [6.45, 7) is 3.42. The Hall–Kier alpha value is -1.51. The zero-order valence-electron chi connectivity index (χ0n) is 16.4. The van der Waals surface area contributed by atoms with Gasteiger partial charge in [0.05, 0.1) is 16.5 Å². The third kappa shape index (κ3) is 7.04. The van der Waals surface area contributed by atoms with Gasteiger partial charge in [0.2, 0.25) is 0 Å². The summed E-state index contributed by atoms with van der Waals surface area (Å²) in [5.41, 5.74) is 0. The summed E-state index contributed by atoms with van der Waals surface area (Å²) in [5, 5.41) is 0.686. The fraction of sp³-hybridized carbons (Fsp3) is 0.579. The van der Waals surface area contributed by atoms with E-state index < -0.39 is 34.4 Å². The van der Waals surface area contributed by atoms with Crippen LogP contribution >= 0.6 is 23.2 Å². The van der Waals surface area contributed by atoms with E-state index in [1.807, 2.05) is 6.92 Å². The Morgan fingerprint density at radius 3 is 2.62 bits per heavy atom. The number of benzene rings is 1. The molecule has 1 aliphatic heterocycles. The van der Waals surface area contributed by atoms with Gasteiger partial charge in [0.25, 0.3) is 5.91 Å². The number of hydrogen-bond donors (Lipinski definition) is 0. The lowest BCUT2D eigenvalue weighted by atomic mass is 10.2. The molecule has 1 aromatic carbocycles. The fourth-order valence-corrected chi connectivity index (χ4v) is 5.19. The average molecular weight is 466 g/mol. The van der Waals surface area contributed by atoms with Crippen LogP contribution in [0.3, 0.4) is 0 Å². The van der Waals surface area contributed by atoms with Crippen LogP contribution in [-0.2, 0) is 24.2 Å². The molecule has 162 valence electrons. The predicted octanol–water partition coefficient (Wildman–Crippen LogP) is 3.12. The molecule has 0 bridgehead atoms. The molecule has 1 heterocycles. The van der Waals surface area contributed by atoms with E-state index in [2.05, 4.69) is 0 Å². The van der Waals surface area contributed by atoms with Crippen LogP contribution in [0.25, 0.3) is 0 Å². The summed E-state index contributed by atoms with van der Waals surface area (Å²) < 4.78 is 34.1. The van der Waals surface area contributed by atoms with Crippen molar-refractivity contribution in [1.82, 2.24) is 4.90 Å². The van der Waals surface area contributed by atoms with E-state index in [-0.39, 0.29) is 28.3 Å². The number of rotatable bonds is 9. The number of esters is 1. The van der Waals surface area contributed by atoms with Crippen molar-refractivity contribution in [2.75, 3.05) is 24.7 Å². The van der Waals surface area contributed by atoms with Crippen molar-refractivity contribution in [3.05, 3.63) is 28.2 Å². The summed E-state index contributed by atoms with van der Waals surface area (Å²) in [6.07, 6.45) is 1.01. The second-order valence-electron chi connectivity index (χ2n) is 6.94. The highest BCUT2D eigenvalue weighted by Crippen LogP contribution is 2.28. The quantitative estimate of drug-likeness (QED) is 0.520. The van der Waals surface area contributed by atoms with Crippen LogP contribution in [0, 0.1) is 0 Å². The first kappa shape index (κ1) is 23.8. The summed E-state index contributed by atoms with van der Waals surface area (Å²) >= 11 is 11.8. The molecule has 29 heavy (non-hydrogen) atoms. The van der Waals surface area contributed by atoms with Crippen molar-refractivity contribution in [2.45, 2.75) is 45.3 Å². The molecule has 0 radical (unpaired) electrons. The molecule has 10 heteroatoms. The van der Waals surface area contributed by atoms with Gasteiger partial charge in [-0.15, -0.1) is 0 Å². The van der Waals surface area contributed by atoms with Crippen LogP contribution in [0.4, 0.5) is 0 Å². The number of hydrogen-bond acceptors (Lipinski definition) is 6. The van der Waals surface area contributed by atoms with E-state index in [1.54, 1.807) is 6.07 Å². The lowest BCUT2D eigenvalue weighted by molar-refractivity contribution is -0.158. The number of amides is 1. The molecule has 2 rings (SSSR count). The van der Waals surface area contributed by atoms with E-state index in [4.69, 9.17) is 32.7 Å². The molecule has 2 unspecified atom stereocenters. The van der Waals surface area contributed by atoms with E-state index in [0.29, 0.717) is 18.0 Å². The van der Waals surface area contributed by atoms with Gasteiger partial charge in [-0.1, -0.05) is 36.5 Å². The zero-order chi connectivity index (χ0) is 21.6. The Morgan fingerprint density at radius 1 is 1.31 bits per heavy atom. The lowest BCUT2D eigenvalue weighted by Gasteiger charge is -2.28. The van der Waals surface area contributed by atoms with Gasteiger partial charge in [0.15, 0.2) is 22.5 Å². The van der Waals surface area contributed by atoms with Crippen molar-refractivity contribution >= 4 is 44.9 Å². The smallest absolute Gasteiger partial charge is 0.347 e. The summed E-state index contributed by atoms with van der Waals surface area (Å²) in [5.74, 6) is -0.845. The molecule has 0 saturated carbocycles. The number of halogens is 2. The SMILES string of the molecule is CCCCN(C(=O)COC(=O)C(C)Oc1ccc(Cl)cc1Cl)C1CCS(=O)(=O)C1. The van der Waals surface area contributed by atoms with Crippen molar-refractivity contribution in [1.29, 1.82) is 0 Å². The van der Waals surface area contributed by atoms with Crippen molar-refractivity contribution in [2.24, 2.45) is 0 Å². The minimum absolute atomic E-state index is 0.0506. The normalized spacial score (nSPS) is 18.8.